The topological polar surface area (TPSA) is 57.6 Å². The van der Waals surface area contributed by atoms with Gasteiger partial charge in [0.05, 0.1) is 21.5 Å². The predicted octanol–water partition coefficient (Wildman–Crippen LogP) is 3.21. The van der Waals surface area contributed by atoms with Gasteiger partial charge in [-0.3, -0.25) is 9.59 Å². The normalized spacial score (nSPS) is 27.2. The van der Waals surface area contributed by atoms with Crippen LogP contribution in [-0.4, -0.2) is 34.0 Å². The highest BCUT2D eigenvalue weighted by Gasteiger charge is 2.51. The summed E-state index contributed by atoms with van der Waals surface area (Å²) in [6, 6.07) is 1.76. The van der Waals surface area contributed by atoms with Crippen LogP contribution in [0.4, 0.5) is 4.39 Å². The van der Waals surface area contributed by atoms with Crippen LogP contribution >= 0.6 is 23.2 Å². The van der Waals surface area contributed by atoms with Gasteiger partial charge in [-0.15, -0.1) is 0 Å². The Bertz CT molecular complexity index is 637. The molecule has 0 radical (unpaired) electrons. The van der Waals surface area contributed by atoms with Gasteiger partial charge in [0.15, 0.2) is 0 Å². The summed E-state index contributed by atoms with van der Waals surface area (Å²) in [5.41, 5.74) is 0.0292. The maximum absolute atomic E-state index is 13.6. The third kappa shape index (κ3) is 2.28. The van der Waals surface area contributed by atoms with Crippen molar-refractivity contribution >= 4 is 35.1 Å². The fraction of sp³-hybridized carbons (Fsp3) is 0.429. The number of benzene rings is 1. The smallest absolute Gasteiger partial charge is 0.308 e. The monoisotopic (exact) mass is 331 g/mol. The van der Waals surface area contributed by atoms with Crippen molar-refractivity contribution in [3.63, 3.8) is 0 Å². The Morgan fingerprint density at radius 3 is 2.57 bits per heavy atom. The molecule has 2 aliphatic heterocycles. The second kappa shape index (κ2) is 5.14. The fourth-order valence-electron chi connectivity index (χ4n) is 3.40. The van der Waals surface area contributed by atoms with E-state index in [1.54, 1.807) is 4.90 Å². The molecular weight excluding hydrogens is 320 g/mol. The van der Waals surface area contributed by atoms with Crippen LogP contribution in [-0.2, 0) is 4.79 Å². The van der Waals surface area contributed by atoms with E-state index in [2.05, 4.69) is 0 Å². The highest BCUT2D eigenvalue weighted by Crippen LogP contribution is 2.43. The Labute approximate surface area is 130 Å². The Balaban J connectivity index is 1.93. The number of carbonyl (C=O) groups is 2. The summed E-state index contributed by atoms with van der Waals surface area (Å²) >= 11 is 11.6. The van der Waals surface area contributed by atoms with Crippen LogP contribution in [0, 0.1) is 11.7 Å². The molecule has 2 bridgehead atoms. The minimum absolute atomic E-state index is 0.0292. The fourth-order valence-corrected chi connectivity index (χ4v) is 3.86. The number of carbonyl (C=O) groups excluding carboxylic acids is 1. The summed E-state index contributed by atoms with van der Waals surface area (Å²) in [7, 11) is 0. The first-order valence-corrected chi connectivity index (χ1v) is 7.35. The molecule has 112 valence electrons. The van der Waals surface area contributed by atoms with Crippen LogP contribution in [0.25, 0.3) is 0 Å². The molecule has 2 heterocycles. The molecule has 1 amide bonds. The standard InChI is InChI=1S/C14H12Cl2FNO3/c15-9-5-10(16)11(17)4-7(9)13(19)18-6-1-2-12(18)8(3-6)14(20)21/h4-6,8,12H,1-3H2,(H,20,21). The average Bonchev–Trinajstić information content (AvgIpc) is 2.99. The first-order chi connectivity index (χ1) is 9.90. The molecule has 3 atom stereocenters. The predicted molar refractivity (Wildman–Crippen MR) is 75.1 cm³/mol. The molecule has 2 aliphatic rings. The van der Waals surface area contributed by atoms with E-state index in [-0.39, 0.29) is 27.7 Å². The zero-order valence-corrected chi connectivity index (χ0v) is 12.4. The number of carboxylic acid groups (broad SMARTS) is 1. The SMILES string of the molecule is O=C(O)C1CC2CCC1N2C(=O)c1cc(F)c(Cl)cc1Cl. The van der Waals surface area contributed by atoms with Gasteiger partial charge in [0.2, 0.25) is 0 Å². The molecule has 21 heavy (non-hydrogen) atoms. The average molecular weight is 332 g/mol. The third-order valence-electron chi connectivity index (χ3n) is 4.33. The number of nitrogens with zero attached hydrogens (tertiary/aromatic N) is 1. The minimum atomic E-state index is -0.895. The zero-order chi connectivity index (χ0) is 15.3. The lowest BCUT2D eigenvalue weighted by Gasteiger charge is -2.23. The van der Waals surface area contributed by atoms with Gasteiger partial charge < -0.3 is 10.0 Å². The first kappa shape index (κ1) is 14.6. The number of fused-ring (bicyclic) bond motifs is 2. The van der Waals surface area contributed by atoms with Crippen molar-refractivity contribution in [2.75, 3.05) is 0 Å². The lowest BCUT2D eigenvalue weighted by atomic mass is 9.89. The second-order valence-electron chi connectivity index (χ2n) is 5.44. The van der Waals surface area contributed by atoms with Crippen LogP contribution in [0.1, 0.15) is 29.6 Å². The van der Waals surface area contributed by atoms with Crippen molar-refractivity contribution in [1.29, 1.82) is 0 Å². The molecule has 1 aromatic carbocycles. The largest absolute Gasteiger partial charge is 0.481 e. The molecule has 4 nitrogen and oxygen atoms in total. The van der Waals surface area contributed by atoms with Crippen LogP contribution < -0.4 is 0 Å². The van der Waals surface area contributed by atoms with Crippen molar-refractivity contribution < 1.29 is 19.1 Å². The van der Waals surface area contributed by atoms with E-state index in [9.17, 15) is 19.1 Å². The van der Waals surface area contributed by atoms with Crippen molar-refractivity contribution in [3.05, 3.63) is 33.6 Å². The van der Waals surface area contributed by atoms with E-state index >= 15 is 0 Å². The molecule has 0 aromatic heterocycles. The second-order valence-corrected chi connectivity index (χ2v) is 6.25. The van der Waals surface area contributed by atoms with Gasteiger partial charge in [-0.25, -0.2) is 4.39 Å². The first-order valence-electron chi connectivity index (χ1n) is 6.60. The van der Waals surface area contributed by atoms with Crippen LogP contribution in [0.3, 0.4) is 0 Å². The summed E-state index contributed by atoms with van der Waals surface area (Å²) in [6.45, 7) is 0. The Morgan fingerprint density at radius 1 is 1.24 bits per heavy atom. The molecule has 3 rings (SSSR count). The molecule has 1 N–H and O–H groups in total. The Hall–Kier alpha value is -1.33. The van der Waals surface area contributed by atoms with E-state index in [0.29, 0.717) is 12.8 Å². The number of amides is 1. The summed E-state index contributed by atoms with van der Waals surface area (Å²) in [5.74, 6) is -2.59. The quantitative estimate of drug-likeness (QED) is 0.846. The van der Waals surface area contributed by atoms with E-state index in [0.717, 1.165) is 12.5 Å². The highest BCUT2D eigenvalue weighted by molar-refractivity contribution is 6.36. The number of rotatable bonds is 2. The summed E-state index contributed by atoms with van der Waals surface area (Å²) < 4.78 is 13.6. The van der Waals surface area contributed by atoms with E-state index in [1.165, 1.54) is 6.07 Å². The van der Waals surface area contributed by atoms with Crippen molar-refractivity contribution in [1.82, 2.24) is 4.90 Å². The van der Waals surface area contributed by atoms with E-state index in [1.807, 2.05) is 0 Å². The third-order valence-corrected chi connectivity index (χ3v) is 4.93. The highest BCUT2D eigenvalue weighted by atomic mass is 35.5. The van der Waals surface area contributed by atoms with Crippen molar-refractivity contribution in [3.8, 4) is 0 Å². The Kier molecular flexibility index (Phi) is 3.58. The number of aliphatic carboxylic acids is 1. The van der Waals surface area contributed by atoms with Crippen LogP contribution in [0.2, 0.25) is 10.0 Å². The Morgan fingerprint density at radius 2 is 1.95 bits per heavy atom. The molecule has 2 fully saturated rings. The number of carboxylic acids is 1. The minimum Gasteiger partial charge on any atom is -0.481 e. The number of halogens is 3. The van der Waals surface area contributed by atoms with Gasteiger partial charge in [0.1, 0.15) is 5.82 Å². The van der Waals surface area contributed by atoms with Gasteiger partial charge in [-0.1, -0.05) is 23.2 Å². The molecule has 3 unspecified atom stereocenters. The van der Waals surface area contributed by atoms with Crippen LogP contribution in [0.15, 0.2) is 12.1 Å². The van der Waals surface area contributed by atoms with Gasteiger partial charge in [-0.2, -0.15) is 0 Å². The maximum atomic E-state index is 13.6. The maximum Gasteiger partial charge on any atom is 0.308 e. The number of hydrogen-bond acceptors (Lipinski definition) is 2. The summed E-state index contributed by atoms with van der Waals surface area (Å²) in [4.78, 5) is 25.4. The van der Waals surface area contributed by atoms with Gasteiger partial charge in [-0.05, 0) is 31.4 Å². The lowest BCUT2D eigenvalue weighted by Crippen LogP contribution is -2.38. The molecule has 0 aliphatic carbocycles. The van der Waals surface area contributed by atoms with Crippen LogP contribution in [0.5, 0.6) is 0 Å². The van der Waals surface area contributed by atoms with Gasteiger partial charge in [0.25, 0.3) is 5.91 Å². The van der Waals surface area contributed by atoms with Gasteiger partial charge in [0, 0.05) is 12.1 Å². The molecule has 0 spiro atoms. The number of hydrogen-bond donors (Lipinski definition) is 1. The zero-order valence-electron chi connectivity index (χ0n) is 10.9. The molecular formula is C14H12Cl2FNO3. The molecule has 7 heteroatoms. The van der Waals surface area contributed by atoms with Crippen molar-refractivity contribution in [2.45, 2.75) is 31.3 Å². The molecule has 2 saturated heterocycles. The summed E-state index contributed by atoms with van der Waals surface area (Å²) in [6.07, 6.45) is 1.87. The molecule has 0 saturated carbocycles. The van der Waals surface area contributed by atoms with E-state index < -0.39 is 23.6 Å². The van der Waals surface area contributed by atoms with Gasteiger partial charge >= 0.3 is 5.97 Å². The lowest BCUT2D eigenvalue weighted by molar-refractivity contribution is -0.142. The summed E-state index contributed by atoms with van der Waals surface area (Å²) in [5, 5.41) is 9.12. The molecule has 1 aromatic rings. The van der Waals surface area contributed by atoms with Crippen molar-refractivity contribution in [2.24, 2.45) is 5.92 Å². The van der Waals surface area contributed by atoms with E-state index in [4.69, 9.17) is 23.2 Å².